The van der Waals surface area contributed by atoms with Crippen molar-refractivity contribution < 1.29 is 19.1 Å². The van der Waals surface area contributed by atoms with Crippen LogP contribution in [-0.4, -0.2) is 22.0 Å². The molecule has 0 aliphatic carbocycles. The molecule has 5 nitrogen and oxygen atoms in total. The smallest absolute Gasteiger partial charge is 0.345 e. The van der Waals surface area contributed by atoms with Gasteiger partial charge in [-0.2, -0.15) is 0 Å². The fourth-order valence-electron chi connectivity index (χ4n) is 3.07. The van der Waals surface area contributed by atoms with E-state index in [0.717, 1.165) is 16.7 Å². The molecule has 0 N–H and O–H groups in total. The molecule has 0 saturated carbocycles. The van der Waals surface area contributed by atoms with E-state index in [4.69, 9.17) is 39.5 Å². The van der Waals surface area contributed by atoms with Crippen LogP contribution in [0.1, 0.15) is 21.5 Å². The first-order valence-corrected chi connectivity index (χ1v) is 11.5. The number of hydrogen-bond acceptors (Lipinski definition) is 5. The normalized spacial score (nSPS) is 14.8. The predicted molar refractivity (Wildman–Crippen MR) is 131 cm³/mol. The van der Waals surface area contributed by atoms with Crippen LogP contribution in [0.2, 0.25) is 15.1 Å². The number of rotatable bonds is 5. The van der Waals surface area contributed by atoms with Gasteiger partial charge in [-0.1, -0.05) is 65.1 Å². The summed E-state index contributed by atoms with van der Waals surface area (Å²) in [4.78, 5) is 39.1. The fourth-order valence-corrected chi connectivity index (χ4v) is 4.59. The van der Waals surface area contributed by atoms with Gasteiger partial charge in [0.1, 0.15) is 5.75 Å². The van der Waals surface area contributed by atoms with Crippen LogP contribution in [0.3, 0.4) is 0 Å². The molecule has 1 saturated heterocycles. The summed E-state index contributed by atoms with van der Waals surface area (Å²) in [6.07, 6.45) is 1.57. The molecule has 0 atom stereocenters. The van der Waals surface area contributed by atoms with E-state index in [-0.39, 0.29) is 33.0 Å². The van der Waals surface area contributed by atoms with Gasteiger partial charge < -0.3 is 4.74 Å². The van der Waals surface area contributed by atoms with E-state index in [1.165, 1.54) is 12.1 Å². The Bertz CT molecular complexity index is 1310. The number of hydrogen-bond donors (Lipinski definition) is 0. The number of nitrogens with zero attached hydrogens (tertiary/aromatic N) is 1. The molecular weight excluding hydrogens is 505 g/mol. The highest BCUT2D eigenvalue weighted by atomic mass is 35.5. The number of amides is 2. The summed E-state index contributed by atoms with van der Waals surface area (Å²) in [6.45, 7) is 0.0845. The average molecular weight is 519 g/mol. The highest BCUT2D eigenvalue weighted by Gasteiger charge is 2.35. The molecule has 1 heterocycles. The van der Waals surface area contributed by atoms with Crippen LogP contribution in [-0.2, 0) is 11.3 Å². The van der Waals surface area contributed by atoms with Gasteiger partial charge in [-0.05, 0) is 65.4 Å². The van der Waals surface area contributed by atoms with Gasteiger partial charge in [-0.25, -0.2) is 4.79 Å². The molecule has 0 aromatic heterocycles. The van der Waals surface area contributed by atoms with Crippen LogP contribution < -0.4 is 4.74 Å². The van der Waals surface area contributed by atoms with Crippen LogP contribution in [0.5, 0.6) is 5.75 Å². The Kier molecular flexibility index (Phi) is 7.10. The molecule has 3 aromatic carbocycles. The summed E-state index contributed by atoms with van der Waals surface area (Å²) in [5.74, 6) is -0.802. The minimum absolute atomic E-state index is 0.0845. The van der Waals surface area contributed by atoms with Gasteiger partial charge in [0.25, 0.3) is 11.1 Å². The summed E-state index contributed by atoms with van der Waals surface area (Å²) in [5.41, 5.74) is 1.44. The minimum Gasteiger partial charge on any atom is -0.423 e. The minimum atomic E-state index is -0.645. The zero-order valence-electron chi connectivity index (χ0n) is 16.8. The van der Waals surface area contributed by atoms with E-state index in [1.807, 2.05) is 0 Å². The second-order valence-electron chi connectivity index (χ2n) is 6.95. The summed E-state index contributed by atoms with van der Waals surface area (Å²) < 4.78 is 5.41. The van der Waals surface area contributed by atoms with E-state index in [2.05, 4.69) is 0 Å². The number of thioether (sulfide) groups is 1. The molecule has 1 aliphatic heterocycles. The Balaban J connectivity index is 1.51. The van der Waals surface area contributed by atoms with Crippen molar-refractivity contribution in [1.82, 2.24) is 4.90 Å². The molecule has 33 heavy (non-hydrogen) atoms. The molecular formula is C24H14Cl3NO4S. The maximum Gasteiger partial charge on any atom is 0.345 e. The topological polar surface area (TPSA) is 63.7 Å². The van der Waals surface area contributed by atoms with E-state index in [0.29, 0.717) is 21.2 Å². The first kappa shape index (κ1) is 23.4. The van der Waals surface area contributed by atoms with Crippen molar-refractivity contribution in [1.29, 1.82) is 0 Å². The number of carbonyl (C=O) groups is 3. The van der Waals surface area contributed by atoms with Crippen molar-refractivity contribution in [2.24, 2.45) is 0 Å². The van der Waals surface area contributed by atoms with Crippen LogP contribution >= 0.6 is 46.6 Å². The van der Waals surface area contributed by atoms with Crippen LogP contribution in [0.15, 0.2) is 71.6 Å². The van der Waals surface area contributed by atoms with Crippen molar-refractivity contribution in [2.45, 2.75) is 6.54 Å². The zero-order valence-corrected chi connectivity index (χ0v) is 19.8. The lowest BCUT2D eigenvalue weighted by Gasteiger charge is -2.13. The molecule has 3 aromatic rings. The fraction of sp³-hybridized carbons (Fsp3) is 0.0417. The number of esters is 1. The van der Waals surface area contributed by atoms with Crippen molar-refractivity contribution >= 4 is 69.8 Å². The standard InChI is InChI=1S/C24H14Cl3NO4S/c25-16-8-9-18(20(27)12-16)23(30)32-17-6-3-4-14(10-17)11-21-22(29)28(24(31)33-21)13-15-5-1-2-7-19(15)26/h1-12H,13H2/b21-11-. The molecule has 0 bridgehead atoms. The molecule has 9 heteroatoms. The third-order valence-corrected chi connectivity index (χ3v) is 6.50. The second kappa shape index (κ2) is 10.0. The van der Waals surface area contributed by atoms with E-state index >= 15 is 0 Å². The molecule has 1 fully saturated rings. The Morgan fingerprint density at radius 1 is 0.939 bits per heavy atom. The highest BCUT2D eigenvalue weighted by Crippen LogP contribution is 2.34. The average Bonchev–Trinajstić information content (AvgIpc) is 3.02. The molecule has 0 spiro atoms. The van der Waals surface area contributed by atoms with E-state index < -0.39 is 11.9 Å². The SMILES string of the molecule is O=C(Oc1cccc(/C=C2\SC(=O)N(Cc3ccccc3Cl)C2=O)c1)c1ccc(Cl)cc1Cl. The first-order valence-electron chi connectivity index (χ1n) is 9.58. The predicted octanol–water partition coefficient (Wildman–Crippen LogP) is 7.10. The van der Waals surface area contributed by atoms with Gasteiger partial charge in [-0.15, -0.1) is 0 Å². The van der Waals surface area contributed by atoms with Gasteiger partial charge in [0.15, 0.2) is 0 Å². The Morgan fingerprint density at radius 2 is 1.73 bits per heavy atom. The van der Waals surface area contributed by atoms with Gasteiger partial charge in [-0.3, -0.25) is 14.5 Å². The number of carbonyl (C=O) groups excluding carboxylic acids is 3. The maximum absolute atomic E-state index is 12.8. The van der Waals surface area contributed by atoms with Gasteiger partial charge in [0, 0.05) is 10.0 Å². The van der Waals surface area contributed by atoms with Crippen molar-refractivity contribution in [2.75, 3.05) is 0 Å². The lowest BCUT2D eigenvalue weighted by Crippen LogP contribution is -2.27. The van der Waals surface area contributed by atoms with Gasteiger partial charge in [0.2, 0.25) is 0 Å². The lowest BCUT2D eigenvalue weighted by molar-refractivity contribution is -0.123. The zero-order chi connectivity index (χ0) is 23.5. The Labute approximate surface area is 208 Å². The largest absolute Gasteiger partial charge is 0.423 e. The van der Waals surface area contributed by atoms with Crippen molar-refractivity contribution in [3.8, 4) is 5.75 Å². The number of halogens is 3. The second-order valence-corrected chi connectivity index (χ2v) is 9.19. The molecule has 166 valence electrons. The van der Waals surface area contributed by atoms with Crippen molar-refractivity contribution in [3.05, 3.63) is 103 Å². The summed E-state index contributed by atoms with van der Waals surface area (Å²) in [7, 11) is 0. The number of ether oxygens (including phenoxy) is 1. The lowest BCUT2D eigenvalue weighted by atomic mass is 10.2. The van der Waals surface area contributed by atoms with E-state index in [1.54, 1.807) is 60.7 Å². The molecule has 0 radical (unpaired) electrons. The molecule has 1 aliphatic rings. The monoisotopic (exact) mass is 517 g/mol. The van der Waals surface area contributed by atoms with E-state index in [9.17, 15) is 14.4 Å². The Morgan fingerprint density at radius 3 is 2.48 bits per heavy atom. The summed E-state index contributed by atoms with van der Waals surface area (Å²) in [5, 5.41) is 0.680. The first-order chi connectivity index (χ1) is 15.8. The van der Waals surface area contributed by atoms with Crippen LogP contribution in [0.4, 0.5) is 4.79 Å². The number of imide groups is 1. The molecule has 2 amide bonds. The molecule has 4 rings (SSSR count). The maximum atomic E-state index is 12.8. The van der Waals surface area contributed by atoms with Gasteiger partial charge in [0.05, 0.1) is 22.0 Å². The summed E-state index contributed by atoms with van der Waals surface area (Å²) in [6, 6.07) is 18.1. The number of benzene rings is 3. The third-order valence-electron chi connectivity index (χ3n) is 4.68. The van der Waals surface area contributed by atoms with Crippen LogP contribution in [0.25, 0.3) is 6.08 Å². The van der Waals surface area contributed by atoms with Gasteiger partial charge >= 0.3 is 5.97 Å². The summed E-state index contributed by atoms with van der Waals surface area (Å²) >= 11 is 18.9. The Hall–Kier alpha value is -2.77. The third kappa shape index (κ3) is 5.42. The van der Waals surface area contributed by atoms with Crippen molar-refractivity contribution in [3.63, 3.8) is 0 Å². The van der Waals surface area contributed by atoms with Crippen LogP contribution in [0, 0.1) is 0 Å². The highest BCUT2D eigenvalue weighted by molar-refractivity contribution is 8.18. The molecule has 0 unspecified atom stereocenters. The quantitative estimate of drug-likeness (QED) is 0.205.